The SMILES string of the molecule is O=CCOCNC(=O)CNC(=O)[C@H](Cc1ccccc1)NC(=O)CNC(=O)CNC(=O)CN1CCOCCN(C(=O)CCN2C(=O)C=CC2O)CCOCC1. The highest BCUT2D eigenvalue weighted by Crippen LogP contribution is 2.10. The van der Waals surface area contributed by atoms with Gasteiger partial charge in [0.1, 0.15) is 31.9 Å². The van der Waals surface area contributed by atoms with Crippen molar-refractivity contribution >= 4 is 47.6 Å². The van der Waals surface area contributed by atoms with Crippen molar-refractivity contribution in [3.63, 3.8) is 0 Å². The molecule has 20 nitrogen and oxygen atoms in total. The fourth-order valence-corrected chi connectivity index (χ4v) is 5.26. The Bertz CT molecular complexity index is 1470. The van der Waals surface area contributed by atoms with Gasteiger partial charge in [-0.2, -0.15) is 0 Å². The molecule has 0 bridgehead atoms. The molecule has 3 rings (SSSR count). The first-order valence-electron chi connectivity index (χ1n) is 17.8. The topological polar surface area (TPSA) is 254 Å². The molecular weight excluding hydrogens is 724 g/mol. The number of nitrogens with one attached hydrogen (secondary N) is 5. The number of carbonyl (C=O) groups excluding carboxylic acids is 8. The second-order valence-electron chi connectivity index (χ2n) is 12.3. The van der Waals surface area contributed by atoms with Crippen LogP contribution >= 0.6 is 0 Å². The summed E-state index contributed by atoms with van der Waals surface area (Å²) < 4.78 is 16.2. The molecule has 302 valence electrons. The minimum Gasteiger partial charge on any atom is -0.378 e. The first kappa shape index (κ1) is 44.1. The monoisotopic (exact) mass is 774 g/mol. The lowest BCUT2D eigenvalue weighted by Crippen LogP contribution is -2.52. The molecule has 1 aromatic carbocycles. The Morgan fingerprint density at radius 1 is 0.836 bits per heavy atom. The standard InChI is InChI=1S/C35H50N8O12/c44-14-19-55-25-39-29(46)22-38-35(52)27(20-26-4-2-1-3-5-26)40-30(47)23-36-28(45)21-37-31(48)24-41-10-15-53-17-12-42(13-18-54-16-11-41)32(49)8-9-43-33(50)6-7-34(43)51/h1-7,14,27,33,50H,8-13,15-25H2,(H,36,45)(H,37,48)(H,38,52)(H,39,46)(H,40,47)/t27-,33?/m0/s1. The molecule has 0 aliphatic carbocycles. The Labute approximate surface area is 318 Å². The van der Waals surface area contributed by atoms with Gasteiger partial charge in [0.15, 0.2) is 0 Å². The maximum atomic E-state index is 12.9. The molecule has 20 heteroatoms. The molecule has 1 fully saturated rings. The predicted molar refractivity (Wildman–Crippen MR) is 192 cm³/mol. The molecule has 1 saturated heterocycles. The van der Waals surface area contributed by atoms with Crippen molar-refractivity contribution < 1.29 is 57.7 Å². The number of rotatable bonds is 19. The third-order valence-electron chi connectivity index (χ3n) is 8.22. The molecular formula is C35H50N8O12. The van der Waals surface area contributed by atoms with Crippen LogP contribution in [-0.2, 0) is 59.0 Å². The minimum absolute atomic E-state index is 0.0403. The van der Waals surface area contributed by atoms with E-state index in [0.29, 0.717) is 32.5 Å². The first-order valence-corrected chi connectivity index (χ1v) is 17.8. The second kappa shape index (κ2) is 24.9. The summed E-state index contributed by atoms with van der Waals surface area (Å²) in [5.41, 5.74) is 0.736. The van der Waals surface area contributed by atoms with E-state index in [4.69, 9.17) is 14.2 Å². The number of carbonyl (C=O) groups is 8. The van der Waals surface area contributed by atoms with E-state index in [1.807, 2.05) is 0 Å². The number of aliphatic hydroxyl groups is 1. The molecule has 2 aliphatic heterocycles. The number of benzene rings is 1. The molecule has 2 atom stereocenters. The summed E-state index contributed by atoms with van der Waals surface area (Å²) in [5.74, 6) is -3.52. The molecule has 7 amide bonds. The van der Waals surface area contributed by atoms with Crippen molar-refractivity contribution in [2.75, 3.05) is 98.7 Å². The van der Waals surface area contributed by atoms with E-state index >= 15 is 0 Å². The largest absolute Gasteiger partial charge is 0.378 e. The Balaban J connectivity index is 1.36. The predicted octanol–water partition coefficient (Wildman–Crippen LogP) is -4.36. The third-order valence-corrected chi connectivity index (χ3v) is 8.22. The van der Waals surface area contributed by atoms with Crippen molar-refractivity contribution in [3.05, 3.63) is 48.0 Å². The summed E-state index contributed by atoms with van der Waals surface area (Å²) in [7, 11) is 0. The van der Waals surface area contributed by atoms with E-state index in [0.717, 1.165) is 5.56 Å². The van der Waals surface area contributed by atoms with Gasteiger partial charge in [0, 0.05) is 51.6 Å². The van der Waals surface area contributed by atoms with Crippen LogP contribution in [0, 0.1) is 0 Å². The van der Waals surface area contributed by atoms with Crippen molar-refractivity contribution in [1.29, 1.82) is 0 Å². The molecule has 0 aromatic heterocycles. The molecule has 2 aliphatic rings. The number of aliphatic hydroxyl groups excluding tert-OH is 1. The second-order valence-corrected chi connectivity index (χ2v) is 12.3. The van der Waals surface area contributed by atoms with Crippen LogP contribution in [0.1, 0.15) is 12.0 Å². The molecule has 6 N–H and O–H groups in total. The minimum atomic E-state index is -1.08. The lowest BCUT2D eigenvalue weighted by Gasteiger charge is -2.27. The number of ether oxygens (including phenoxy) is 3. The van der Waals surface area contributed by atoms with Gasteiger partial charge >= 0.3 is 0 Å². The first-order chi connectivity index (χ1) is 26.5. The van der Waals surface area contributed by atoms with Gasteiger partial charge in [0.05, 0.1) is 52.6 Å². The molecule has 1 unspecified atom stereocenters. The molecule has 55 heavy (non-hydrogen) atoms. The average molecular weight is 775 g/mol. The Morgan fingerprint density at radius 3 is 2.11 bits per heavy atom. The van der Waals surface area contributed by atoms with E-state index < -0.39 is 61.4 Å². The number of hydrogen-bond acceptors (Lipinski definition) is 13. The van der Waals surface area contributed by atoms with Gasteiger partial charge in [-0.1, -0.05) is 30.3 Å². The highest BCUT2D eigenvalue weighted by molar-refractivity contribution is 5.93. The number of hydrogen-bond donors (Lipinski definition) is 6. The van der Waals surface area contributed by atoms with Crippen LogP contribution < -0.4 is 26.6 Å². The zero-order valence-corrected chi connectivity index (χ0v) is 30.6. The van der Waals surface area contributed by atoms with E-state index in [1.165, 1.54) is 17.1 Å². The summed E-state index contributed by atoms with van der Waals surface area (Å²) in [6.07, 6.45) is 2.26. The smallest absolute Gasteiger partial charge is 0.248 e. The molecule has 1 aromatic rings. The van der Waals surface area contributed by atoms with Crippen LogP contribution in [-0.4, -0.2) is 178 Å². The maximum absolute atomic E-state index is 12.9. The Morgan fingerprint density at radius 2 is 1.45 bits per heavy atom. The van der Waals surface area contributed by atoms with Crippen molar-refractivity contribution in [2.45, 2.75) is 25.1 Å². The van der Waals surface area contributed by atoms with E-state index in [-0.39, 0.29) is 77.5 Å². The van der Waals surface area contributed by atoms with Gasteiger partial charge < -0.3 is 60.5 Å². The molecule has 0 spiro atoms. The summed E-state index contributed by atoms with van der Waals surface area (Å²) in [5, 5.41) is 22.1. The van der Waals surface area contributed by atoms with Gasteiger partial charge in [-0.05, 0) is 11.6 Å². The van der Waals surface area contributed by atoms with Crippen LogP contribution in [0.15, 0.2) is 42.5 Å². The highest BCUT2D eigenvalue weighted by atomic mass is 16.5. The van der Waals surface area contributed by atoms with E-state index in [1.54, 1.807) is 40.1 Å². The van der Waals surface area contributed by atoms with Crippen molar-refractivity contribution in [3.8, 4) is 0 Å². The quantitative estimate of drug-likeness (QED) is 0.0442. The van der Waals surface area contributed by atoms with Crippen LogP contribution in [0.2, 0.25) is 0 Å². The van der Waals surface area contributed by atoms with Crippen LogP contribution in [0.4, 0.5) is 0 Å². The number of nitrogens with zero attached hydrogens (tertiary/aromatic N) is 3. The van der Waals surface area contributed by atoms with E-state index in [2.05, 4.69) is 26.6 Å². The average Bonchev–Trinajstić information content (AvgIpc) is 3.49. The van der Waals surface area contributed by atoms with Crippen molar-refractivity contribution in [1.82, 2.24) is 41.3 Å². The number of aldehydes is 1. The Kier molecular flexibility index (Phi) is 20.0. The third kappa shape index (κ3) is 17.6. The summed E-state index contributed by atoms with van der Waals surface area (Å²) in [4.78, 5) is 102. The Hall–Kier alpha value is -5.28. The van der Waals surface area contributed by atoms with Crippen LogP contribution in [0.5, 0.6) is 0 Å². The molecule has 0 radical (unpaired) electrons. The van der Waals surface area contributed by atoms with Crippen molar-refractivity contribution in [2.24, 2.45) is 0 Å². The van der Waals surface area contributed by atoms with E-state index in [9.17, 15) is 43.5 Å². The van der Waals surface area contributed by atoms with Gasteiger partial charge in [-0.25, -0.2) is 0 Å². The lowest BCUT2D eigenvalue weighted by molar-refractivity contribution is -0.136. The molecule has 0 saturated carbocycles. The lowest BCUT2D eigenvalue weighted by atomic mass is 10.1. The molecule has 2 heterocycles. The highest BCUT2D eigenvalue weighted by Gasteiger charge is 2.26. The van der Waals surface area contributed by atoms with Crippen LogP contribution in [0.3, 0.4) is 0 Å². The van der Waals surface area contributed by atoms with Gasteiger partial charge in [0.2, 0.25) is 41.4 Å². The summed E-state index contributed by atoms with van der Waals surface area (Å²) in [6.45, 7) is 0.661. The van der Waals surface area contributed by atoms with Gasteiger partial charge in [-0.15, -0.1) is 0 Å². The van der Waals surface area contributed by atoms with Gasteiger partial charge in [0.25, 0.3) is 0 Å². The fraction of sp³-hybridized carbons (Fsp3) is 0.543. The number of amides is 7. The zero-order chi connectivity index (χ0) is 39.8. The summed E-state index contributed by atoms with van der Waals surface area (Å²) >= 11 is 0. The maximum Gasteiger partial charge on any atom is 0.248 e. The summed E-state index contributed by atoms with van der Waals surface area (Å²) in [6, 6.07) is 7.78. The van der Waals surface area contributed by atoms with Gasteiger partial charge in [-0.3, -0.25) is 38.5 Å². The normalized spacial score (nSPS) is 17.3. The van der Waals surface area contributed by atoms with Crippen LogP contribution in [0.25, 0.3) is 0 Å². The fourth-order valence-electron chi connectivity index (χ4n) is 5.26. The zero-order valence-electron chi connectivity index (χ0n) is 30.6.